The summed E-state index contributed by atoms with van der Waals surface area (Å²) in [5.74, 6) is 0.860. The van der Waals surface area contributed by atoms with E-state index in [1.807, 2.05) is 24.3 Å². The SMILES string of the molecule is NCc1cccc(OCCOC2CCN(Cc3ccccc3)C2)c1. The number of nitrogens with zero attached hydrogens (tertiary/aromatic N) is 1. The number of benzene rings is 2. The van der Waals surface area contributed by atoms with Gasteiger partial charge in [-0.15, -0.1) is 0 Å². The molecule has 4 heteroatoms. The molecule has 0 aliphatic carbocycles. The second-order valence-corrected chi connectivity index (χ2v) is 6.20. The second kappa shape index (κ2) is 8.83. The molecule has 1 aliphatic heterocycles. The van der Waals surface area contributed by atoms with Crippen LogP contribution in [0.15, 0.2) is 54.6 Å². The predicted molar refractivity (Wildman–Crippen MR) is 95.9 cm³/mol. The standard InChI is InChI=1S/C20H26N2O2/c21-14-18-7-4-8-19(13-18)23-11-12-24-20-9-10-22(16-20)15-17-5-2-1-3-6-17/h1-8,13,20H,9-12,14-16,21H2. The normalized spacial score (nSPS) is 18.0. The topological polar surface area (TPSA) is 47.7 Å². The minimum atomic E-state index is 0.313. The van der Waals surface area contributed by atoms with Gasteiger partial charge in [0.05, 0.1) is 12.7 Å². The Morgan fingerprint density at radius 1 is 1.00 bits per heavy atom. The van der Waals surface area contributed by atoms with Crippen LogP contribution in [0.3, 0.4) is 0 Å². The lowest BCUT2D eigenvalue weighted by Gasteiger charge is -2.16. The zero-order valence-electron chi connectivity index (χ0n) is 14.1. The highest BCUT2D eigenvalue weighted by atomic mass is 16.5. The molecule has 3 rings (SSSR count). The number of ether oxygens (including phenoxy) is 2. The first-order valence-corrected chi connectivity index (χ1v) is 8.63. The summed E-state index contributed by atoms with van der Waals surface area (Å²) in [5, 5.41) is 0. The van der Waals surface area contributed by atoms with Gasteiger partial charge in [0.2, 0.25) is 0 Å². The minimum absolute atomic E-state index is 0.313. The van der Waals surface area contributed by atoms with E-state index in [-0.39, 0.29) is 0 Å². The second-order valence-electron chi connectivity index (χ2n) is 6.20. The molecule has 1 atom stereocenters. The Morgan fingerprint density at radius 2 is 1.83 bits per heavy atom. The highest BCUT2D eigenvalue weighted by molar-refractivity contribution is 5.28. The molecular formula is C20H26N2O2. The third-order valence-electron chi connectivity index (χ3n) is 4.32. The average molecular weight is 326 g/mol. The highest BCUT2D eigenvalue weighted by Gasteiger charge is 2.22. The van der Waals surface area contributed by atoms with E-state index in [1.54, 1.807) is 0 Å². The average Bonchev–Trinajstić information content (AvgIpc) is 3.07. The molecule has 128 valence electrons. The van der Waals surface area contributed by atoms with Gasteiger partial charge in [-0.05, 0) is 29.7 Å². The van der Waals surface area contributed by atoms with Gasteiger partial charge in [0.1, 0.15) is 12.4 Å². The monoisotopic (exact) mass is 326 g/mol. The van der Waals surface area contributed by atoms with E-state index in [0.29, 0.717) is 25.9 Å². The summed E-state index contributed by atoms with van der Waals surface area (Å²) >= 11 is 0. The first-order chi connectivity index (χ1) is 11.8. The molecule has 2 aromatic rings. The molecule has 0 saturated carbocycles. The van der Waals surface area contributed by atoms with Crippen molar-refractivity contribution in [2.45, 2.75) is 25.6 Å². The van der Waals surface area contributed by atoms with E-state index in [4.69, 9.17) is 15.2 Å². The maximum Gasteiger partial charge on any atom is 0.119 e. The van der Waals surface area contributed by atoms with Crippen molar-refractivity contribution in [3.8, 4) is 5.75 Å². The molecule has 0 bridgehead atoms. The van der Waals surface area contributed by atoms with Crippen molar-refractivity contribution in [2.75, 3.05) is 26.3 Å². The van der Waals surface area contributed by atoms with Crippen LogP contribution in [-0.2, 0) is 17.8 Å². The van der Waals surface area contributed by atoms with Gasteiger partial charge >= 0.3 is 0 Å². The third-order valence-corrected chi connectivity index (χ3v) is 4.32. The van der Waals surface area contributed by atoms with E-state index in [9.17, 15) is 0 Å². The molecule has 2 aromatic carbocycles. The number of nitrogens with two attached hydrogens (primary N) is 1. The van der Waals surface area contributed by atoms with Gasteiger partial charge in [-0.25, -0.2) is 0 Å². The summed E-state index contributed by atoms with van der Waals surface area (Å²) in [7, 11) is 0. The van der Waals surface area contributed by atoms with Gasteiger partial charge in [-0.2, -0.15) is 0 Å². The van der Waals surface area contributed by atoms with Crippen LogP contribution >= 0.6 is 0 Å². The molecule has 0 radical (unpaired) electrons. The number of likely N-dealkylation sites (tertiary alicyclic amines) is 1. The van der Waals surface area contributed by atoms with E-state index in [1.165, 1.54) is 5.56 Å². The lowest BCUT2D eigenvalue weighted by Crippen LogP contribution is -2.24. The molecule has 1 heterocycles. The predicted octanol–water partition coefficient (Wildman–Crippen LogP) is 2.82. The molecule has 4 nitrogen and oxygen atoms in total. The van der Waals surface area contributed by atoms with Crippen molar-refractivity contribution in [2.24, 2.45) is 5.73 Å². The van der Waals surface area contributed by atoms with Crippen LogP contribution in [0.5, 0.6) is 5.75 Å². The molecule has 0 spiro atoms. The van der Waals surface area contributed by atoms with Gasteiger partial charge in [0.15, 0.2) is 0 Å². The molecule has 1 fully saturated rings. The van der Waals surface area contributed by atoms with Crippen LogP contribution in [0.4, 0.5) is 0 Å². The van der Waals surface area contributed by atoms with Crippen molar-refractivity contribution in [1.29, 1.82) is 0 Å². The summed E-state index contributed by atoms with van der Waals surface area (Å²) in [6.45, 7) is 4.83. The van der Waals surface area contributed by atoms with E-state index >= 15 is 0 Å². The van der Waals surface area contributed by atoms with Crippen LogP contribution in [0, 0.1) is 0 Å². The fourth-order valence-electron chi connectivity index (χ4n) is 3.05. The van der Waals surface area contributed by atoms with Gasteiger partial charge in [-0.1, -0.05) is 42.5 Å². The van der Waals surface area contributed by atoms with Gasteiger partial charge < -0.3 is 15.2 Å². The fourth-order valence-corrected chi connectivity index (χ4v) is 3.05. The molecule has 24 heavy (non-hydrogen) atoms. The Balaban J connectivity index is 1.34. The zero-order chi connectivity index (χ0) is 16.6. The summed E-state index contributed by atoms with van der Waals surface area (Å²) in [4.78, 5) is 2.45. The number of hydrogen-bond acceptors (Lipinski definition) is 4. The first kappa shape index (κ1) is 17.0. The smallest absolute Gasteiger partial charge is 0.119 e. The van der Waals surface area contributed by atoms with Crippen molar-refractivity contribution >= 4 is 0 Å². The molecule has 0 aromatic heterocycles. The lowest BCUT2D eigenvalue weighted by atomic mass is 10.2. The van der Waals surface area contributed by atoms with Crippen LogP contribution in [0.2, 0.25) is 0 Å². The Hall–Kier alpha value is -1.88. The molecular weight excluding hydrogens is 300 g/mol. The fraction of sp³-hybridized carbons (Fsp3) is 0.400. The maximum atomic E-state index is 5.96. The summed E-state index contributed by atoms with van der Waals surface area (Å²) in [6, 6.07) is 18.5. The van der Waals surface area contributed by atoms with Crippen molar-refractivity contribution in [3.63, 3.8) is 0 Å². The molecule has 1 unspecified atom stereocenters. The van der Waals surface area contributed by atoms with Crippen molar-refractivity contribution in [1.82, 2.24) is 4.90 Å². The van der Waals surface area contributed by atoms with Crippen LogP contribution in [-0.4, -0.2) is 37.3 Å². The van der Waals surface area contributed by atoms with Gasteiger partial charge in [0.25, 0.3) is 0 Å². The van der Waals surface area contributed by atoms with Crippen molar-refractivity contribution < 1.29 is 9.47 Å². The Kier molecular flexibility index (Phi) is 6.24. The van der Waals surface area contributed by atoms with Gasteiger partial charge in [-0.3, -0.25) is 4.90 Å². The number of hydrogen-bond donors (Lipinski definition) is 1. The van der Waals surface area contributed by atoms with E-state index in [0.717, 1.165) is 37.4 Å². The van der Waals surface area contributed by atoms with E-state index < -0.39 is 0 Å². The maximum absolute atomic E-state index is 5.96. The van der Waals surface area contributed by atoms with Gasteiger partial charge in [0, 0.05) is 26.2 Å². The number of rotatable bonds is 8. The van der Waals surface area contributed by atoms with Crippen LogP contribution in [0.1, 0.15) is 17.5 Å². The molecule has 1 aliphatic rings. The highest BCUT2D eigenvalue weighted by Crippen LogP contribution is 2.16. The molecule has 1 saturated heterocycles. The Bertz CT molecular complexity index is 618. The summed E-state index contributed by atoms with van der Waals surface area (Å²) < 4.78 is 11.7. The minimum Gasteiger partial charge on any atom is -0.491 e. The summed E-state index contributed by atoms with van der Waals surface area (Å²) in [5.41, 5.74) is 8.09. The van der Waals surface area contributed by atoms with E-state index in [2.05, 4.69) is 35.2 Å². The largest absolute Gasteiger partial charge is 0.491 e. The Morgan fingerprint density at radius 3 is 2.67 bits per heavy atom. The van der Waals surface area contributed by atoms with Crippen LogP contribution in [0.25, 0.3) is 0 Å². The zero-order valence-corrected chi connectivity index (χ0v) is 14.1. The first-order valence-electron chi connectivity index (χ1n) is 8.63. The molecule has 2 N–H and O–H groups in total. The van der Waals surface area contributed by atoms with Crippen molar-refractivity contribution in [3.05, 3.63) is 65.7 Å². The third kappa shape index (κ3) is 5.06. The molecule has 0 amide bonds. The van der Waals surface area contributed by atoms with Crippen LogP contribution < -0.4 is 10.5 Å². The summed E-state index contributed by atoms with van der Waals surface area (Å²) in [6.07, 6.45) is 1.41. The Labute approximate surface area is 144 Å². The quantitative estimate of drug-likeness (QED) is 0.758. The lowest BCUT2D eigenvalue weighted by molar-refractivity contribution is 0.0387.